The van der Waals surface area contributed by atoms with E-state index in [2.05, 4.69) is 25.0 Å². The Kier molecular flexibility index (Phi) is 9.95. The van der Waals surface area contributed by atoms with E-state index in [1.807, 2.05) is 62.4 Å². The number of ether oxygens (including phenoxy) is 2. The van der Waals surface area contributed by atoms with Crippen LogP contribution in [0.25, 0.3) is 6.08 Å². The quantitative estimate of drug-likeness (QED) is 0.258. The summed E-state index contributed by atoms with van der Waals surface area (Å²) in [5, 5.41) is 3.81. The topological polar surface area (TPSA) is 64.6 Å². The predicted molar refractivity (Wildman–Crippen MR) is 153 cm³/mol. The maximum atomic E-state index is 13.5. The molecule has 1 aliphatic heterocycles. The van der Waals surface area contributed by atoms with E-state index in [1.54, 1.807) is 18.2 Å². The number of carbonyl (C=O) groups is 2. The van der Waals surface area contributed by atoms with Crippen molar-refractivity contribution in [2.75, 3.05) is 13.2 Å². The van der Waals surface area contributed by atoms with Crippen molar-refractivity contribution in [1.29, 1.82) is 0 Å². The van der Waals surface area contributed by atoms with Crippen molar-refractivity contribution >= 4 is 37.7 Å². The van der Waals surface area contributed by atoms with E-state index in [1.165, 1.54) is 0 Å². The molecule has 0 aliphatic carbocycles. The highest BCUT2D eigenvalue weighted by molar-refractivity contribution is 6.76. The van der Waals surface area contributed by atoms with E-state index in [0.29, 0.717) is 34.9 Å². The molecule has 7 heteroatoms. The summed E-state index contributed by atoms with van der Waals surface area (Å²) in [6.45, 7) is 11.0. The van der Waals surface area contributed by atoms with Gasteiger partial charge in [-0.2, -0.15) is 0 Å². The number of halogens is 1. The van der Waals surface area contributed by atoms with Gasteiger partial charge in [-0.05, 0) is 48.7 Å². The van der Waals surface area contributed by atoms with Gasteiger partial charge in [0.15, 0.2) is 0 Å². The van der Waals surface area contributed by atoms with Crippen molar-refractivity contribution in [2.45, 2.75) is 51.9 Å². The second kappa shape index (κ2) is 12.9. The first-order chi connectivity index (χ1) is 17.6. The summed E-state index contributed by atoms with van der Waals surface area (Å²) in [5.74, 6) is -1.57. The highest BCUT2D eigenvalue weighted by atomic mass is 35.5. The SMILES string of the molecule is CCC1=C(C(=O)OCC[Si](C)(C)C)C(c2cccc(Cl)c2)C(C(=O)OC/C=C/c2ccccc2)=C(C)N1. The third-order valence-electron chi connectivity index (χ3n) is 6.13. The molecular weight excluding hydrogens is 502 g/mol. The predicted octanol–water partition coefficient (Wildman–Crippen LogP) is 7.10. The lowest BCUT2D eigenvalue weighted by Crippen LogP contribution is -2.33. The van der Waals surface area contributed by atoms with E-state index in [4.69, 9.17) is 21.1 Å². The summed E-state index contributed by atoms with van der Waals surface area (Å²) in [7, 11) is -1.39. The number of dihydropyridines is 1. The van der Waals surface area contributed by atoms with Crippen molar-refractivity contribution in [3.8, 4) is 0 Å². The Balaban J connectivity index is 1.91. The molecule has 0 saturated heterocycles. The van der Waals surface area contributed by atoms with Crippen LogP contribution in [0.2, 0.25) is 30.7 Å². The van der Waals surface area contributed by atoms with Crippen molar-refractivity contribution in [2.24, 2.45) is 0 Å². The molecule has 3 rings (SSSR count). The maximum absolute atomic E-state index is 13.5. The molecule has 1 N–H and O–H groups in total. The maximum Gasteiger partial charge on any atom is 0.337 e. The molecule has 1 heterocycles. The van der Waals surface area contributed by atoms with Crippen LogP contribution in [0.4, 0.5) is 0 Å². The van der Waals surface area contributed by atoms with Gasteiger partial charge in [0, 0.05) is 24.5 Å². The van der Waals surface area contributed by atoms with Gasteiger partial charge in [0.05, 0.1) is 23.7 Å². The van der Waals surface area contributed by atoms with Gasteiger partial charge in [-0.3, -0.25) is 0 Å². The number of allylic oxidation sites excluding steroid dienone is 2. The average Bonchev–Trinajstić information content (AvgIpc) is 2.85. The second-order valence-corrected chi connectivity index (χ2v) is 16.3. The van der Waals surface area contributed by atoms with Crippen LogP contribution in [0, 0.1) is 0 Å². The lowest BCUT2D eigenvalue weighted by Gasteiger charge is -2.31. The molecule has 196 valence electrons. The Labute approximate surface area is 226 Å². The zero-order valence-electron chi connectivity index (χ0n) is 22.3. The van der Waals surface area contributed by atoms with Crippen molar-refractivity contribution < 1.29 is 19.1 Å². The number of esters is 2. The minimum Gasteiger partial charge on any atom is -0.463 e. The smallest absolute Gasteiger partial charge is 0.337 e. The van der Waals surface area contributed by atoms with Crippen LogP contribution in [0.1, 0.15) is 37.3 Å². The van der Waals surface area contributed by atoms with Gasteiger partial charge in [-0.1, -0.05) is 86.7 Å². The van der Waals surface area contributed by atoms with Crippen molar-refractivity contribution in [3.05, 3.63) is 99.4 Å². The molecular formula is C30H36ClNO4Si. The van der Waals surface area contributed by atoms with Gasteiger partial charge >= 0.3 is 11.9 Å². The molecule has 1 unspecified atom stereocenters. The second-order valence-electron chi connectivity index (χ2n) is 10.3. The van der Waals surface area contributed by atoms with Crippen molar-refractivity contribution in [3.63, 3.8) is 0 Å². The molecule has 1 aliphatic rings. The summed E-state index contributed by atoms with van der Waals surface area (Å²) in [5.41, 5.74) is 3.95. The molecule has 0 amide bonds. The zero-order valence-corrected chi connectivity index (χ0v) is 24.0. The molecule has 0 fully saturated rings. The van der Waals surface area contributed by atoms with Crippen LogP contribution in [0.3, 0.4) is 0 Å². The first-order valence-electron chi connectivity index (χ1n) is 12.6. The fourth-order valence-corrected chi connectivity index (χ4v) is 5.10. The van der Waals surface area contributed by atoms with E-state index >= 15 is 0 Å². The minimum absolute atomic E-state index is 0.104. The summed E-state index contributed by atoms with van der Waals surface area (Å²) in [6, 6.07) is 17.9. The molecule has 2 aromatic carbocycles. The Hall–Kier alpha value is -3.09. The monoisotopic (exact) mass is 537 g/mol. The number of benzene rings is 2. The molecule has 2 aromatic rings. The molecule has 0 radical (unpaired) electrons. The number of hydrogen-bond donors (Lipinski definition) is 1. The Morgan fingerprint density at radius 3 is 2.35 bits per heavy atom. The zero-order chi connectivity index (χ0) is 27.0. The summed E-state index contributed by atoms with van der Waals surface area (Å²) in [4.78, 5) is 26.9. The highest BCUT2D eigenvalue weighted by Crippen LogP contribution is 2.40. The highest BCUT2D eigenvalue weighted by Gasteiger charge is 2.38. The van der Waals surface area contributed by atoms with Gasteiger partial charge < -0.3 is 14.8 Å². The fourth-order valence-electron chi connectivity index (χ4n) is 4.18. The van der Waals surface area contributed by atoms with E-state index < -0.39 is 25.9 Å². The first-order valence-corrected chi connectivity index (χ1v) is 16.7. The third-order valence-corrected chi connectivity index (χ3v) is 8.07. The van der Waals surface area contributed by atoms with Crippen LogP contribution in [0.15, 0.2) is 83.2 Å². The van der Waals surface area contributed by atoms with Gasteiger partial charge in [0.1, 0.15) is 6.61 Å². The summed E-state index contributed by atoms with van der Waals surface area (Å²) >= 11 is 6.34. The molecule has 5 nitrogen and oxygen atoms in total. The van der Waals surface area contributed by atoms with E-state index in [-0.39, 0.29) is 6.61 Å². The number of hydrogen-bond acceptors (Lipinski definition) is 5. The fraction of sp³-hybridized carbons (Fsp3) is 0.333. The van der Waals surface area contributed by atoms with Crippen LogP contribution < -0.4 is 5.32 Å². The van der Waals surface area contributed by atoms with Gasteiger partial charge in [-0.15, -0.1) is 0 Å². The number of rotatable bonds is 10. The first kappa shape index (κ1) is 28.5. The normalized spacial score (nSPS) is 16.1. The van der Waals surface area contributed by atoms with Gasteiger partial charge in [0.25, 0.3) is 0 Å². The van der Waals surface area contributed by atoms with Crippen LogP contribution >= 0.6 is 11.6 Å². The Bertz CT molecular complexity index is 1210. The van der Waals surface area contributed by atoms with Gasteiger partial charge in [-0.25, -0.2) is 9.59 Å². The van der Waals surface area contributed by atoms with E-state index in [9.17, 15) is 9.59 Å². The third kappa shape index (κ3) is 7.94. The van der Waals surface area contributed by atoms with Crippen LogP contribution in [-0.2, 0) is 19.1 Å². The molecule has 0 bridgehead atoms. The molecule has 0 saturated carbocycles. The summed E-state index contributed by atoms with van der Waals surface area (Å²) < 4.78 is 11.4. The largest absolute Gasteiger partial charge is 0.463 e. The van der Waals surface area contributed by atoms with Crippen molar-refractivity contribution in [1.82, 2.24) is 5.32 Å². The number of carbonyl (C=O) groups excluding carboxylic acids is 2. The summed E-state index contributed by atoms with van der Waals surface area (Å²) in [6.07, 6.45) is 4.28. The molecule has 1 atom stereocenters. The minimum atomic E-state index is -1.39. The molecule has 0 spiro atoms. The van der Waals surface area contributed by atoms with Gasteiger partial charge in [0.2, 0.25) is 0 Å². The van der Waals surface area contributed by atoms with E-state index in [0.717, 1.165) is 22.9 Å². The average molecular weight is 538 g/mol. The lowest BCUT2D eigenvalue weighted by atomic mass is 9.80. The lowest BCUT2D eigenvalue weighted by molar-refractivity contribution is -0.139. The van der Waals surface area contributed by atoms with Crippen LogP contribution in [0.5, 0.6) is 0 Å². The molecule has 0 aromatic heterocycles. The Morgan fingerprint density at radius 2 is 1.70 bits per heavy atom. The molecule has 37 heavy (non-hydrogen) atoms. The van der Waals surface area contributed by atoms with Crippen LogP contribution in [-0.4, -0.2) is 33.2 Å². The number of nitrogens with one attached hydrogen (secondary N) is 1. The Morgan fingerprint density at radius 1 is 1.00 bits per heavy atom. The standard InChI is InChI=1S/C30H36ClNO4Si/c1-6-25-28(30(34)36-18-19-37(3,4)5)27(23-15-10-16-24(31)20-23)26(21(2)32-25)29(33)35-17-11-14-22-12-8-7-9-13-22/h7-16,20,27,32H,6,17-19H2,1-5H3/b14-11+.